The third-order valence-electron chi connectivity index (χ3n) is 8.43. The Balaban J connectivity index is 1.35. The van der Waals surface area contributed by atoms with E-state index in [1.807, 2.05) is 60.7 Å². The number of hydrogen-bond donors (Lipinski definition) is 0. The minimum Gasteiger partial charge on any atom is -0.456 e. The fourth-order valence-electron chi connectivity index (χ4n) is 6.40. The summed E-state index contributed by atoms with van der Waals surface area (Å²) in [5.74, 6) is 1.13. The van der Waals surface area contributed by atoms with Crippen LogP contribution in [-0.2, 0) is 0 Å². The molecule has 0 saturated heterocycles. The van der Waals surface area contributed by atoms with Crippen LogP contribution in [0.2, 0.25) is 0 Å². The minimum absolute atomic E-state index is 0.508. The summed E-state index contributed by atoms with van der Waals surface area (Å²) in [4.78, 5) is 11.1. The molecule has 0 saturated carbocycles. The largest absolute Gasteiger partial charge is 0.456 e. The van der Waals surface area contributed by atoms with Gasteiger partial charge in [0.2, 0.25) is 5.88 Å². The monoisotopic (exact) mass is 600 g/mol. The number of anilines is 4. The molecule has 222 valence electrons. The molecule has 0 radical (unpaired) electrons. The van der Waals surface area contributed by atoms with Crippen molar-refractivity contribution in [3.63, 3.8) is 0 Å². The third-order valence-corrected chi connectivity index (χ3v) is 8.43. The highest BCUT2D eigenvalue weighted by molar-refractivity contribution is 6.15. The van der Waals surface area contributed by atoms with Crippen molar-refractivity contribution in [2.45, 2.75) is 0 Å². The maximum Gasteiger partial charge on any atom is 0.219 e. The predicted molar refractivity (Wildman–Crippen MR) is 184 cm³/mol. The zero-order valence-corrected chi connectivity index (χ0v) is 25.0. The zero-order valence-electron chi connectivity index (χ0n) is 25.0. The highest BCUT2D eigenvalue weighted by Crippen LogP contribution is 2.48. The number of pyridine rings is 1. The Morgan fingerprint density at radius 1 is 0.674 bits per heavy atom. The molecule has 8 aromatic rings. The molecule has 1 aliphatic rings. The van der Waals surface area contributed by atoms with Crippen LogP contribution in [0.4, 0.5) is 22.7 Å². The van der Waals surface area contributed by atoms with Crippen LogP contribution in [0.1, 0.15) is 0 Å². The fraction of sp³-hybridized carbons (Fsp3) is 0.0513. The number of furan rings is 2. The van der Waals surface area contributed by atoms with E-state index in [0.717, 1.165) is 66.6 Å². The van der Waals surface area contributed by atoms with E-state index < -0.39 is 0 Å². The number of nitrogens with zero attached hydrogens (tertiary/aromatic N) is 4. The lowest BCUT2D eigenvalue weighted by atomic mass is 10.1. The Kier molecular flexibility index (Phi) is 5.96. The van der Waals surface area contributed by atoms with Crippen molar-refractivity contribution >= 4 is 66.6 Å². The maximum atomic E-state index is 6.52. The van der Waals surface area contributed by atoms with Crippen molar-refractivity contribution < 1.29 is 13.6 Å². The molecule has 5 aromatic carbocycles. The van der Waals surface area contributed by atoms with E-state index in [1.54, 1.807) is 6.20 Å². The molecule has 4 heterocycles. The highest BCUT2D eigenvalue weighted by atomic mass is 16.5. The van der Waals surface area contributed by atoms with Gasteiger partial charge in [-0.05, 0) is 42.5 Å². The van der Waals surface area contributed by atoms with E-state index in [4.69, 9.17) is 13.6 Å². The Bertz CT molecular complexity index is 2410. The van der Waals surface area contributed by atoms with Gasteiger partial charge in [0.1, 0.15) is 22.5 Å². The van der Waals surface area contributed by atoms with E-state index in [9.17, 15) is 0 Å². The molecule has 7 heteroatoms. The van der Waals surface area contributed by atoms with Crippen LogP contribution < -0.4 is 14.5 Å². The normalized spacial score (nSPS) is 13.1. The van der Waals surface area contributed by atoms with Crippen LogP contribution in [0.15, 0.2) is 149 Å². The minimum atomic E-state index is 0.508. The molecule has 0 aliphatic carbocycles. The van der Waals surface area contributed by atoms with Crippen LogP contribution >= 0.6 is 0 Å². The Morgan fingerprint density at radius 3 is 2.22 bits per heavy atom. The Morgan fingerprint density at radius 2 is 1.43 bits per heavy atom. The van der Waals surface area contributed by atoms with Gasteiger partial charge in [0.15, 0.2) is 5.58 Å². The topological polar surface area (TPSA) is 58.1 Å². The van der Waals surface area contributed by atoms with Gasteiger partial charge in [0, 0.05) is 71.4 Å². The molecule has 0 N–H and O–H groups in total. The van der Waals surface area contributed by atoms with Gasteiger partial charge in [-0.2, -0.15) is 0 Å². The lowest BCUT2D eigenvalue weighted by Crippen LogP contribution is -2.22. The number of ether oxygens (including phenoxy) is 1. The van der Waals surface area contributed by atoms with Crippen molar-refractivity contribution in [1.82, 2.24) is 9.88 Å². The molecular weight excluding hydrogens is 572 g/mol. The Labute approximate surface area is 264 Å². The van der Waals surface area contributed by atoms with Crippen LogP contribution in [0.3, 0.4) is 0 Å². The van der Waals surface area contributed by atoms with E-state index in [-0.39, 0.29) is 0 Å². The van der Waals surface area contributed by atoms with Gasteiger partial charge in [0.05, 0.1) is 23.4 Å². The van der Waals surface area contributed by atoms with Gasteiger partial charge in [-0.15, -0.1) is 0 Å². The van der Waals surface area contributed by atoms with Crippen LogP contribution in [0.25, 0.3) is 43.9 Å². The standard InChI is InChI=1S/C39H28N4O3/c1-41-19-20-42(25-41)33-22-27(21-31-29-13-5-7-15-34(29)46-39(31)33)43(26-11-3-2-4-12-26)32-23-28(44-37-17-9-10-18-40-37)24-36-38(32)30-14-6-8-16-35(30)45-36/h2-24H,25H2,1H3. The second kappa shape index (κ2) is 10.5. The van der Waals surface area contributed by atoms with Crippen LogP contribution in [0.5, 0.6) is 11.6 Å². The molecule has 7 nitrogen and oxygen atoms in total. The molecule has 0 fully saturated rings. The molecule has 1 aliphatic heterocycles. The third kappa shape index (κ3) is 4.32. The van der Waals surface area contributed by atoms with Gasteiger partial charge in [-0.25, -0.2) is 4.98 Å². The lowest BCUT2D eigenvalue weighted by Gasteiger charge is -2.28. The summed E-state index contributed by atoms with van der Waals surface area (Å²) in [6.07, 6.45) is 5.90. The van der Waals surface area contributed by atoms with E-state index >= 15 is 0 Å². The van der Waals surface area contributed by atoms with Crippen LogP contribution in [0, 0.1) is 0 Å². The average Bonchev–Trinajstić information content (AvgIpc) is 3.80. The maximum absolute atomic E-state index is 6.52. The highest BCUT2D eigenvalue weighted by Gasteiger charge is 2.25. The van der Waals surface area contributed by atoms with Crippen molar-refractivity contribution in [2.75, 3.05) is 23.5 Å². The molecule has 0 atom stereocenters. The second-order valence-electron chi connectivity index (χ2n) is 11.5. The summed E-state index contributed by atoms with van der Waals surface area (Å²) in [5.41, 5.74) is 7.12. The first-order valence-electron chi connectivity index (χ1n) is 15.2. The van der Waals surface area contributed by atoms with E-state index in [2.05, 4.69) is 99.8 Å². The van der Waals surface area contributed by atoms with Gasteiger partial charge in [-0.3, -0.25) is 0 Å². The first kappa shape index (κ1) is 26.2. The van der Waals surface area contributed by atoms with Crippen molar-refractivity contribution in [3.05, 3.63) is 140 Å². The molecule has 0 bridgehead atoms. The number of aromatic nitrogens is 1. The summed E-state index contributed by atoms with van der Waals surface area (Å²) in [7, 11) is 2.07. The van der Waals surface area contributed by atoms with Crippen molar-refractivity contribution in [1.29, 1.82) is 0 Å². The molecule has 3 aromatic heterocycles. The quantitative estimate of drug-likeness (QED) is 0.188. The Hall–Kier alpha value is -6.21. The average molecular weight is 601 g/mol. The summed E-state index contributed by atoms with van der Waals surface area (Å²) in [5, 5.41) is 4.13. The first-order chi connectivity index (χ1) is 22.7. The smallest absolute Gasteiger partial charge is 0.219 e. The van der Waals surface area contributed by atoms with E-state index in [0.29, 0.717) is 18.3 Å². The number of para-hydroxylation sites is 3. The molecule has 46 heavy (non-hydrogen) atoms. The predicted octanol–water partition coefficient (Wildman–Crippen LogP) is 10.3. The summed E-state index contributed by atoms with van der Waals surface area (Å²) >= 11 is 0. The number of benzene rings is 5. The summed E-state index contributed by atoms with van der Waals surface area (Å²) in [6.45, 7) is 0.713. The van der Waals surface area contributed by atoms with Crippen LogP contribution in [-0.4, -0.2) is 23.6 Å². The summed E-state index contributed by atoms with van der Waals surface area (Å²) < 4.78 is 19.3. The number of hydrogen-bond acceptors (Lipinski definition) is 7. The van der Waals surface area contributed by atoms with Gasteiger partial charge in [-0.1, -0.05) is 60.7 Å². The van der Waals surface area contributed by atoms with Gasteiger partial charge >= 0.3 is 0 Å². The second-order valence-corrected chi connectivity index (χ2v) is 11.5. The lowest BCUT2D eigenvalue weighted by molar-refractivity contribution is 0.463. The van der Waals surface area contributed by atoms with Gasteiger partial charge in [0.25, 0.3) is 0 Å². The number of fused-ring (bicyclic) bond motifs is 6. The SMILES string of the molecule is CN1C=CN(c2cc(N(c3ccccc3)c3cc(Oc4ccccn4)cc4oc5ccccc5c34)cc3c2oc2ccccc23)C1. The molecule has 9 rings (SSSR count). The summed E-state index contributed by atoms with van der Waals surface area (Å²) in [6, 6.07) is 40.9. The molecule has 0 amide bonds. The van der Waals surface area contributed by atoms with Crippen molar-refractivity contribution in [3.8, 4) is 11.6 Å². The first-order valence-corrected chi connectivity index (χ1v) is 15.2. The molecule has 0 unspecified atom stereocenters. The van der Waals surface area contributed by atoms with Gasteiger partial charge < -0.3 is 28.3 Å². The number of rotatable bonds is 6. The fourth-order valence-corrected chi connectivity index (χ4v) is 6.40. The molecule has 0 spiro atoms. The van der Waals surface area contributed by atoms with Crippen molar-refractivity contribution in [2.24, 2.45) is 0 Å². The zero-order chi connectivity index (χ0) is 30.6. The molecular formula is C39H28N4O3. The van der Waals surface area contributed by atoms with E-state index in [1.165, 1.54) is 0 Å².